The normalized spacial score (nSPS) is 11.8. The average Bonchev–Trinajstić information content (AvgIpc) is 2.13. The molecule has 0 aliphatic carbocycles. The lowest BCUT2D eigenvalue weighted by molar-refractivity contribution is 0.569. The highest BCUT2D eigenvalue weighted by atomic mass is 35.7. The Hall–Kier alpha value is -0.680. The predicted molar refractivity (Wildman–Crippen MR) is 59.2 cm³/mol. The van der Waals surface area contributed by atoms with E-state index in [2.05, 4.69) is 0 Å². The van der Waals surface area contributed by atoms with E-state index in [0.717, 1.165) is 6.07 Å². The van der Waals surface area contributed by atoms with E-state index in [4.69, 9.17) is 10.7 Å². The van der Waals surface area contributed by atoms with Gasteiger partial charge in [0, 0.05) is 10.7 Å². The van der Waals surface area contributed by atoms with Crippen LogP contribution in [0.3, 0.4) is 0 Å². The molecule has 0 N–H and O–H groups in total. The van der Waals surface area contributed by atoms with E-state index in [1.54, 1.807) is 0 Å². The van der Waals surface area contributed by atoms with Gasteiger partial charge in [-0.1, -0.05) is 0 Å². The fourth-order valence-corrected chi connectivity index (χ4v) is 2.11. The summed E-state index contributed by atoms with van der Waals surface area (Å²) >= 11 is 0. The average molecular weight is 269 g/mol. The molecule has 16 heavy (non-hydrogen) atoms. The molecule has 0 atom stereocenters. The van der Waals surface area contributed by atoms with Crippen LogP contribution in [0.25, 0.3) is 0 Å². The van der Waals surface area contributed by atoms with Crippen LogP contribution in [-0.4, -0.2) is 14.2 Å². The van der Waals surface area contributed by atoms with Gasteiger partial charge >= 0.3 is 0 Å². The molecule has 0 aromatic heterocycles. The van der Waals surface area contributed by atoms with Crippen molar-refractivity contribution in [1.82, 2.24) is 0 Å². The summed E-state index contributed by atoms with van der Waals surface area (Å²) in [5.41, 5.74) is 0.357. The Morgan fingerprint density at radius 1 is 1.31 bits per heavy atom. The van der Waals surface area contributed by atoms with E-state index in [0.29, 0.717) is 0 Å². The van der Waals surface area contributed by atoms with Gasteiger partial charge in [-0.25, -0.2) is 17.2 Å². The summed E-state index contributed by atoms with van der Waals surface area (Å²) in [5.74, 6) is -1.52. The molecule has 0 saturated carbocycles. The topological polar surface area (TPSA) is 34.1 Å². The Morgan fingerprint density at radius 3 is 2.38 bits per heavy atom. The zero-order valence-corrected chi connectivity index (χ0v) is 10.4. The van der Waals surface area contributed by atoms with E-state index in [9.17, 15) is 17.2 Å². The molecule has 0 unspecified atom stereocenters. The molecule has 0 spiro atoms. The van der Waals surface area contributed by atoms with E-state index >= 15 is 0 Å². The van der Waals surface area contributed by atoms with Gasteiger partial charge in [0.25, 0.3) is 0 Å². The lowest BCUT2D eigenvalue weighted by Gasteiger charge is -2.09. The molecule has 2 nitrogen and oxygen atoms in total. The number of benzene rings is 1. The summed E-state index contributed by atoms with van der Waals surface area (Å²) in [6.45, 7) is 2.84. The number of rotatable bonds is 3. The maximum absolute atomic E-state index is 13.6. The van der Waals surface area contributed by atoms with Crippen LogP contribution >= 0.6 is 10.7 Å². The van der Waals surface area contributed by atoms with E-state index < -0.39 is 26.4 Å². The molecule has 0 bridgehead atoms. The smallest absolute Gasteiger partial charge is 0.212 e. The van der Waals surface area contributed by atoms with Gasteiger partial charge in [-0.3, -0.25) is 0 Å². The molecule has 0 aliphatic heterocycles. The summed E-state index contributed by atoms with van der Waals surface area (Å²) in [5, 5.41) is 0. The summed E-state index contributed by atoms with van der Waals surface area (Å²) in [6.07, 6.45) is -0.123. The lowest BCUT2D eigenvalue weighted by Crippen LogP contribution is -2.07. The maximum Gasteiger partial charge on any atom is 0.232 e. The van der Waals surface area contributed by atoms with Crippen LogP contribution in [0.2, 0.25) is 0 Å². The summed E-state index contributed by atoms with van der Waals surface area (Å²) in [7, 11) is 1.32. The molecule has 1 rings (SSSR count). The van der Waals surface area contributed by atoms with Crippen molar-refractivity contribution < 1.29 is 17.2 Å². The van der Waals surface area contributed by atoms with E-state index in [1.807, 2.05) is 0 Å². The number of hydrogen-bond donors (Lipinski definition) is 0. The first-order valence-corrected chi connectivity index (χ1v) is 7.06. The second-order valence-electron chi connectivity index (χ2n) is 3.59. The van der Waals surface area contributed by atoms with Gasteiger partial charge in [0.15, 0.2) is 0 Å². The molecular weight excluding hydrogens is 258 g/mol. The lowest BCUT2D eigenvalue weighted by atomic mass is 10.0. The van der Waals surface area contributed by atoms with Gasteiger partial charge in [0.05, 0.1) is 5.75 Å². The molecule has 90 valence electrons. The van der Waals surface area contributed by atoms with Crippen molar-refractivity contribution in [3.8, 4) is 0 Å². The van der Waals surface area contributed by atoms with Crippen LogP contribution in [0.15, 0.2) is 6.07 Å². The van der Waals surface area contributed by atoms with E-state index in [1.165, 1.54) is 13.8 Å². The molecule has 0 heterocycles. The number of hydrogen-bond acceptors (Lipinski definition) is 2. The molecule has 1 aromatic carbocycles. The zero-order valence-electron chi connectivity index (χ0n) is 8.85. The van der Waals surface area contributed by atoms with Crippen molar-refractivity contribution in [3.63, 3.8) is 0 Å². The van der Waals surface area contributed by atoms with Crippen LogP contribution in [0.4, 0.5) is 8.78 Å². The minimum atomic E-state index is -3.70. The van der Waals surface area contributed by atoms with Gasteiger partial charge in [-0.15, -0.1) is 0 Å². The highest BCUT2D eigenvalue weighted by Crippen LogP contribution is 2.21. The largest absolute Gasteiger partial charge is 0.232 e. The second-order valence-corrected chi connectivity index (χ2v) is 6.48. The second kappa shape index (κ2) is 4.67. The van der Waals surface area contributed by atoms with Crippen molar-refractivity contribution >= 4 is 19.7 Å². The fourth-order valence-electron chi connectivity index (χ4n) is 1.43. The molecule has 0 saturated heterocycles. The molecule has 0 amide bonds. The first kappa shape index (κ1) is 13.4. The molecule has 0 radical (unpaired) electrons. The van der Waals surface area contributed by atoms with Crippen molar-refractivity contribution in [2.75, 3.05) is 5.75 Å². The zero-order chi connectivity index (χ0) is 12.5. The van der Waals surface area contributed by atoms with Crippen molar-refractivity contribution in [2.45, 2.75) is 20.3 Å². The summed E-state index contributed by atoms with van der Waals surface area (Å²) in [4.78, 5) is 0. The highest BCUT2D eigenvalue weighted by molar-refractivity contribution is 8.13. The third-order valence-corrected chi connectivity index (χ3v) is 3.52. The van der Waals surface area contributed by atoms with Gasteiger partial charge in [-0.05, 0) is 43.0 Å². The van der Waals surface area contributed by atoms with Crippen LogP contribution in [-0.2, 0) is 15.5 Å². The Balaban J connectivity index is 3.13. The molecular formula is C10H11ClF2O2S. The van der Waals surface area contributed by atoms with Crippen molar-refractivity contribution in [2.24, 2.45) is 0 Å². The Bertz CT molecular complexity index is 486. The molecule has 0 aliphatic rings. The van der Waals surface area contributed by atoms with E-state index in [-0.39, 0.29) is 23.1 Å². The minimum absolute atomic E-state index is 0.0710. The van der Waals surface area contributed by atoms with Crippen LogP contribution < -0.4 is 0 Å². The minimum Gasteiger partial charge on any atom is -0.212 e. The number of aryl methyl sites for hydroxylation is 1. The first-order chi connectivity index (χ1) is 7.22. The monoisotopic (exact) mass is 268 g/mol. The van der Waals surface area contributed by atoms with Crippen LogP contribution in [0.5, 0.6) is 0 Å². The van der Waals surface area contributed by atoms with Gasteiger partial charge in [-0.2, -0.15) is 0 Å². The Labute approximate surface area is 97.7 Å². The molecule has 6 heteroatoms. The predicted octanol–water partition coefficient (Wildman–Crippen LogP) is 2.69. The SMILES string of the molecule is Cc1cc(F)c(C)c(CCS(=O)(=O)Cl)c1F. The fraction of sp³-hybridized carbons (Fsp3) is 0.400. The molecule has 0 fully saturated rings. The molecule has 1 aromatic rings. The standard InChI is InChI=1S/C10H11ClF2O2S/c1-6-5-9(12)7(2)8(10(6)13)3-4-16(11,14)15/h5H,3-4H2,1-2H3. The van der Waals surface area contributed by atoms with Gasteiger partial charge in [0.2, 0.25) is 9.05 Å². The Morgan fingerprint density at radius 2 is 1.88 bits per heavy atom. The quantitative estimate of drug-likeness (QED) is 0.790. The third kappa shape index (κ3) is 3.15. The maximum atomic E-state index is 13.6. The number of halogens is 3. The van der Waals surface area contributed by atoms with Crippen LogP contribution in [0.1, 0.15) is 16.7 Å². The Kier molecular flexibility index (Phi) is 3.91. The van der Waals surface area contributed by atoms with Crippen LogP contribution in [0, 0.1) is 25.5 Å². The van der Waals surface area contributed by atoms with Crippen molar-refractivity contribution in [3.05, 3.63) is 34.4 Å². The van der Waals surface area contributed by atoms with Crippen molar-refractivity contribution in [1.29, 1.82) is 0 Å². The van der Waals surface area contributed by atoms with Gasteiger partial charge < -0.3 is 0 Å². The summed E-state index contributed by atoms with van der Waals surface area (Å²) in [6, 6.07) is 1.09. The van der Waals surface area contributed by atoms with Gasteiger partial charge in [0.1, 0.15) is 11.6 Å². The first-order valence-electron chi connectivity index (χ1n) is 4.59. The third-order valence-electron chi connectivity index (χ3n) is 2.36. The highest BCUT2D eigenvalue weighted by Gasteiger charge is 2.15. The summed E-state index contributed by atoms with van der Waals surface area (Å²) < 4.78 is 48.4.